The fraction of sp³-hybridized carbons (Fsp3) is 0.286. The van der Waals surface area contributed by atoms with Gasteiger partial charge in [-0.3, -0.25) is 9.48 Å². The second-order valence-corrected chi connectivity index (χ2v) is 5.72. The number of nitrogens with zero attached hydrogens (tertiary/aromatic N) is 2. The minimum Gasteiger partial charge on any atom is -0.309 e. The molecular formula is C14H13BrF3N3O. The maximum atomic E-state index is 12.8. The van der Waals surface area contributed by atoms with Crippen LogP contribution >= 0.6 is 15.9 Å². The van der Waals surface area contributed by atoms with Gasteiger partial charge in [0.25, 0.3) is 0 Å². The molecule has 8 heteroatoms. The van der Waals surface area contributed by atoms with Crippen LogP contribution in [0.4, 0.5) is 19.0 Å². The summed E-state index contributed by atoms with van der Waals surface area (Å²) < 4.78 is 40.5. The van der Waals surface area contributed by atoms with Gasteiger partial charge in [-0.05, 0) is 40.5 Å². The summed E-state index contributed by atoms with van der Waals surface area (Å²) in [4.78, 5) is 11.9. The van der Waals surface area contributed by atoms with Crippen molar-refractivity contribution >= 4 is 27.7 Å². The van der Waals surface area contributed by atoms with Gasteiger partial charge >= 0.3 is 6.18 Å². The van der Waals surface area contributed by atoms with Gasteiger partial charge in [-0.2, -0.15) is 18.3 Å². The van der Waals surface area contributed by atoms with Crippen molar-refractivity contribution in [2.24, 2.45) is 7.05 Å². The lowest BCUT2D eigenvalue weighted by atomic mass is 10.0. The third kappa shape index (κ3) is 4.09. The van der Waals surface area contributed by atoms with Crippen LogP contribution < -0.4 is 5.32 Å². The minimum absolute atomic E-state index is 0.154. The molecule has 0 aliphatic carbocycles. The van der Waals surface area contributed by atoms with Gasteiger partial charge in [-0.15, -0.1) is 0 Å². The van der Waals surface area contributed by atoms with Crippen LogP contribution in [0.1, 0.15) is 16.7 Å². The number of alkyl halides is 3. The van der Waals surface area contributed by atoms with Crippen molar-refractivity contribution in [3.63, 3.8) is 0 Å². The quantitative estimate of drug-likeness (QED) is 0.888. The number of aryl methyl sites for hydroxylation is 2. The zero-order valence-electron chi connectivity index (χ0n) is 11.8. The van der Waals surface area contributed by atoms with E-state index in [2.05, 4.69) is 26.3 Å². The van der Waals surface area contributed by atoms with Crippen LogP contribution in [-0.4, -0.2) is 15.7 Å². The molecular weight excluding hydrogens is 363 g/mol. The number of rotatable bonds is 3. The molecule has 1 N–H and O–H groups in total. The highest BCUT2D eigenvalue weighted by molar-refractivity contribution is 9.10. The van der Waals surface area contributed by atoms with Gasteiger partial charge in [0.1, 0.15) is 4.60 Å². The number of carbonyl (C=O) groups is 1. The van der Waals surface area contributed by atoms with E-state index in [4.69, 9.17) is 0 Å². The third-order valence-electron chi connectivity index (χ3n) is 2.92. The topological polar surface area (TPSA) is 46.9 Å². The van der Waals surface area contributed by atoms with Gasteiger partial charge in [-0.25, -0.2) is 0 Å². The summed E-state index contributed by atoms with van der Waals surface area (Å²) in [7, 11) is 1.69. The van der Waals surface area contributed by atoms with Crippen LogP contribution in [0.25, 0.3) is 0 Å². The Bertz CT molecular complexity index is 690. The Balaban J connectivity index is 2.13. The molecule has 0 spiro atoms. The maximum Gasteiger partial charge on any atom is 0.416 e. The molecule has 0 unspecified atom stereocenters. The Hall–Kier alpha value is -1.83. The highest BCUT2D eigenvalue weighted by atomic mass is 79.9. The van der Waals surface area contributed by atoms with Crippen LogP contribution in [-0.2, 0) is 24.4 Å². The van der Waals surface area contributed by atoms with Crippen LogP contribution in [0.2, 0.25) is 0 Å². The van der Waals surface area contributed by atoms with E-state index in [9.17, 15) is 18.0 Å². The van der Waals surface area contributed by atoms with E-state index >= 15 is 0 Å². The molecule has 0 saturated carbocycles. The monoisotopic (exact) mass is 375 g/mol. The fourth-order valence-corrected chi connectivity index (χ4v) is 2.30. The first-order valence-corrected chi connectivity index (χ1v) is 7.11. The number of hydrogen-bond donors (Lipinski definition) is 1. The van der Waals surface area contributed by atoms with E-state index in [-0.39, 0.29) is 6.42 Å². The van der Waals surface area contributed by atoms with Crippen LogP contribution in [0, 0.1) is 6.92 Å². The molecule has 0 aliphatic heterocycles. The first-order chi connectivity index (χ1) is 10.1. The first-order valence-electron chi connectivity index (χ1n) is 6.32. The van der Waals surface area contributed by atoms with E-state index in [0.717, 1.165) is 12.1 Å². The van der Waals surface area contributed by atoms with E-state index in [1.165, 1.54) is 4.68 Å². The van der Waals surface area contributed by atoms with Gasteiger partial charge in [0.2, 0.25) is 5.91 Å². The lowest BCUT2D eigenvalue weighted by molar-refractivity contribution is -0.137. The Morgan fingerprint density at radius 1 is 1.32 bits per heavy atom. The van der Waals surface area contributed by atoms with Crippen LogP contribution in [0.3, 0.4) is 0 Å². The van der Waals surface area contributed by atoms with Crippen molar-refractivity contribution in [1.29, 1.82) is 0 Å². The Morgan fingerprint density at radius 2 is 2.00 bits per heavy atom. The molecule has 4 nitrogen and oxygen atoms in total. The number of amides is 1. The van der Waals surface area contributed by atoms with E-state index in [1.807, 2.05) is 0 Å². The molecule has 0 atom stereocenters. The highest BCUT2D eigenvalue weighted by Gasteiger charge is 2.31. The average molecular weight is 376 g/mol. The average Bonchev–Trinajstić information content (AvgIpc) is 2.65. The summed E-state index contributed by atoms with van der Waals surface area (Å²) in [6, 6.07) is 5.20. The molecule has 0 bridgehead atoms. The van der Waals surface area contributed by atoms with Crippen molar-refractivity contribution in [2.75, 3.05) is 5.32 Å². The lowest BCUT2D eigenvalue weighted by Gasteiger charge is -2.10. The van der Waals surface area contributed by atoms with Crippen molar-refractivity contribution in [1.82, 2.24) is 9.78 Å². The number of hydrogen-bond acceptors (Lipinski definition) is 2. The third-order valence-corrected chi connectivity index (χ3v) is 3.66. The zero-order chi connectivity index (χ0) is 16.5. The smallest absolute Gasteiger partial charge is 0.309 e. The molecule has 118 valence electrons. The summed E-state index contributed by atoms with van der Waals surface area (Å²) in [5.41, 5.74) is 0.00825. The Labute approximate surface area is 133 Å². The number of carbonyl (C=O) groups excluding carboxylic acids is 1. The number of nitrogens with one attached hydrogen (secondary N) is 1. The second-order valence-electron chi connectivity index (χ2n) is 4.91. The fourth-order valence-electron chi connectivity index (χ4n) is 2.01. The standard InChI is InChI=1S/C14H13BrF3N3O/c1-8-3-9(5-10(4-8)14(16,17)18)6-13(22)19-12-7-11(15)21(2)20-12/h3-5,7H,6H2,1-2H3,(H,19,20,22). The number of anilines is 1. The highest BCUT2D eigenvalue weighted by Crippen LogP contribution is 2.30. The Morgan fingerprint density at radius 3 is 2.55 bits per heavy atom. The molecule has 2 rings (SSSR count). The molecule has 0 fully saturated rings. The van der Waals surface area contributed by atoms with Crippen molar-refractivity contribution in [3.8, 4) is 0 Å². The molecule has 1 aromatic carbocycles. The lowest BCUT2D eigenvalue weighted by Crippen LogP contribution is -2.16. The normalized spacial score (nSPS) is 11.5. The SMILES string of the molecule is Cc1cc(CC(=O)Nc2cc(Br)n(C)n2)cc(C(F)(F)F)c1. The summed E-state index contributed by atoms with van der Waals surface area (Å²) in [5.74, 6) is -0.0904. The van der Waals surface area contributed by atoms with E-state index < -0.39 is 17.6 Å². The predicted molar refractivity (Wildman–Crippen MR) is 79.4 cm³/mol. The van der Waals surface area contributed by atoms with Gasteiger partial charge in [0.05, 0.1) is 12.0 Å². The van der Waals surface area contributed by atoms with Crippen LogP contribution in [0.5, 0.6) is 0 Å². The van der Waals surface area contributed by atoms with Crippen molar-refractivity contribution in [3.05, 3.63) is 45.6 Å². The number of aromatic nitrogens is 2. The molecule has 0 aliphatic rings. The van der Waals surface area contributed by atoms with Crippen LogP contribution in [0.15, 0.2) is 28.9 Å². The second kappa shape index (κ2) is 6.12. The summed E-state index contributed by atoms with van der Waals surface area (Å²) in [6.45, 7) is 1.56. The summed E-state index contributed by atoms with van der Waals surface area (Å²) in [6.07, 6.45) is -4.58. The largest absolute Gasteiger partial charge is 0.416 e. The first kappa shape index (κ1) is 16.5. The molecule has 2 aromatic rings. The molecule has 0 radical (unpaired) electrons. The van der Waals surface area contributed by atoms with Crippen molar-refractivity contribution < 1.29 is 18.0 Å². The van der Waals surface area contributed by atoms with Crippen molar-refractivity contribution in [2.45, 2.75) is 19.5 Å². The number of halogens is 4. The molecule has 1 aromatic heterocycles. The minimum atomic E-state index is -4.43. The predicted octanol–water partition coefficient (Wildman–Crippen LogP) is 3.69. The summed E-state index contributed by atoms with van der Waals surface area (Å²) >= 11 is 3.24. The van der Waals surface area contributed by atoms with Gasteiger partial charge in [0.15, 0.2) is 5.82 Å². The molecule has 22 heavy (non-hydrogen) atoms. The van der Waals surface area contributed by atoms with Gasteiger partial charge in [-0.1, -0.05) is 11.6 Å². The molecule has 1 heterocycles. The molecule has 1 amide bonds. The summed E-state index contributed by atoms with van der Waals surface area (Å²) in [5, 5.41) is 6.57. The van der Waals surface area contributed by atoms with Gasteiger partial charge < -0.3 is 5.32 Å². The van der Waals surface area contributed by atoms with E-state index in [0.29, 0.717) is 21.5 Å². The maximum absolute atomic E-state index is 12.8. The Kier molecular flexibility index (Phi) is 4.60. The van der Waals surface area contributed by atoms with Gasteiger partial charge in [0, 0.05) is 13.1 Å². The molecule has 0 saturated heterocycles. The van der Waals surface area contributed by atoms with E-state index in [1.54, 1.807) is 26.1 Å². The zero-order valence-corrected chi connectivity index (χ0v) is 13.4. The number of benzene rings is 1.